The van der Waals surface area contributed by atoms with Gasteiger partial charge in [0.1, 0.15) is 0 Å². The minimum absolute atomic E-state index is 0.00435. The number of piperidine rings is 1. The lowest BCUT2D eigenvalue weighted by atomic mass is 10.0. The summed E-state index contributed by atoms with van der Waals surface area (Å²) in [5, 5.41) is 7.12. The fraction of sp³-hybridized carbons (Fsp3) is 0.647. The largest absolute Gasteiger partial charge is 0.490 e. The summed E-state index contributed by atoms with van der Waals surface area (Å²) in [6.45, 7) is 7.36. The Balaban J connectivity index is 0.000000345. The van der Waals surface area contributed by atoms with E-state index in [2.05, 4.69) is 21.8 Å². The first-order valence-electron chi connectivity index (χ1n) is 8.86. The van der Waals surface area contributed by atoms with Gasteiger partial charge in [0.25, 0.3) is 0 Å². The molecule has 2 aliphatic heterocycles. The number of hydrogen-bond donors (Lipinski definition) is 1. The predicted octanol–water partition coefficient (Wildman–Crippen LogP) is 2.23. The Morgan fingerprint density at radius 1 is 1.32 bits per heavy atom. The topological polar surface area (TPSA) is 95.9 Å². The molecule has 28 heavy (non-hydrogen) atoms. The maximum absolute atomic E-state index is 11.7. The Kier molecular flexibility index (Phi) is 7.17. The van der Waals surface area contributed by atoms with Gasteiger partial charge in [-0.1, -0.05) is 6.92 Å². The van der Waals surface area contributed by atoms with E-state index in [-0.39, 0.29) is 5.91 Å². The van der Waals surface area contributed by atoms with E-state index in [1.54, 1.807) is 18.0 Å². The molecule has 3 rings (SSSR count). The summed E-state index contributed by atoms with van der Waals surface area (Å²) < 4.78 is 37.3. The zero-order chi connectivity index (χ0) is 20.9. The van der Waals surface area contributed by atoms with Crippen LogP contribution in [0, 0.1) is 5.92 Å². The molecular formula is C17H23F3N4O4. The van der Waals surface area contributed by atoms with Gasteiger partial charge in [-0.15, -0.1) is 0 Å². The van der Waals surface area contributed by atoms with E-state index in [1.165, 1.54) is 12.8 Å². The van der Waals surface area contributed by atoms with Crippen LogP contribution in [0.5, 0.6) is 0 Å². The van der Waals surface area contributed by atoms with Crippen molar-refractivity contribution in [2.75, 3.05) is 36.0 Å². The van der Waals surface area contributed by atoms with Gasteiger partial charge >= 0.3 is 12.1 Å². The number of nitrogens with zero attached hydrogens (tertiary/aromatic N) is 4. The van der Waals surface area contributed by atoms with Crippen LogP contribution in [0.2, 0.25) is 0 Å². The summed E-state index contributed by atoms with van der Waals surface area (Å²) >= 11 is 0. The molecule has 3 heterocycles. The van der Waals surface area contributed by atoms with Crippen molar-refractivity contribution in [1.82, 2.24) is 9.97 Å². The van der Waals surface area contributed by atoms with Crippen LogP contribution < -0.4 is 9.80 Å². The van der Waals surface area contributed by atoms with Gasteiger partial charge in [-0.05, 0) is 18.8 Å². The van der Waals surface area contributed by atoms with E-state index in [1.807, 2.05) is 0 Å². The molecule has 8 nitrogen and oxygen atoms in total. The molecular weight excluding hydrogens is 381 g/mol. The van der Waals surface area contributed by atoms with Crippen molar-refractivity contribution in [2.45, 2.75) is 39.5 Å². The summed E-state index contributed by atoms with van der Waals surface area (Å²) in [4.78, 5) is 33.7. The normalized spacial score (nSPS) is 19.8. The lowest BCUT2D eigenvalue weighted by molar-refractivity contribution is -0.192. The van der Waals surface area contributed by atoms with E-state index in [4.69, 9.17) is 14.6 Å². The molecule has 1 N–H and O–H groups in total. The molecule has 1 atom stereocenters. The average molecular weight is 404 g/mol. The van der Waals surface area contributed by atoms with Crippen molar-refractivity contribution >= 4 is 23.5 Å². The third-order valence-electron chi connectivity index (χ3n) is 4.38. The number of halogens is 3. The van der Waals surface area contributed by atoms with E-state index in [0.717, 1.165) is 30.4 Å². The Bertz CT molecular complexity index is 714. The van der Waals surface area contributed by atoms with E-state index >= 15 is 0 Å². The number of aromatic nitrogens is 2. The van der Waals surface area contributed by atoms with Crippen molar-refractivity contribution in [1.29, 1.82) is 0 Å². The molecule has 2 aliphatic rings. The quantitative estimate of drug-likeness (QED) is 0.767. The van der Waals surface area contributed by atoms with E-state index in [9.17, 15) is 18.0 Å². The lowest BCUT2D eigenvalue weighted by Gasteiger charge is -2.31. The van der Waals surface area contributed by atoms with E-state index < -0.39 is 12.1 Å². The molecule has 11 heteroatoms. The van der Waals surface area contributed by atoms with Gasteiger partial charge in [-0.3, -0.25) is 4.79 Å². The third kappa shape index (κ3) is 5.78. The Morgan fingerprint density at radius 2 is 2.00 bits per heavy atom. The van der Waals surface area contributed by atoms with Gasteiger partial charge < -0.3 is 19.6 Å². The van der Waals surface area contributed by atoms with Crippen LogP contribution in [0.15, 0.2) is 6.20 Å². The van der Waals surface area contributed by atoms with E-state index in [0.29, 0.717) is 25.7 Å². The van der Waals surface area contributed by atoms with Gasteiger partial charge in [0.2, 0.25) is 11.9 Å². The highest BCUT2D eigenvalue weighted by Gasteiger charge is 2.38. The number of ether oxygens (including phenoxy) is 1. The number of carboxylic acids is 1. The molecule has 1 saturated heterocycles. The zero-order valence-corrected chi connectivity index (χ0v) is 15.7. The first-order valence-corrected chi connectivity index (χ1v) is 8.86. The van der Waals surface area contributed by atoms with Crippen LogP contribution in [-0.4, -0.2) is 59.4 Å². The average Bonchev–Trinajstić information content (AvgIpc) is 2.83. The van der Waals surface area contributed by atoms with Crippen LogP contribution in [0.3, 0.4) is 0 Å². The SMILES string of the molecule is CC(=O)N1CCOCc2nc(N3CCCC(C)C3)ncc21.O=C(O)C(F)(F)F. The minimum Gasteiger partial charge on any atom is -0.475 e. The van der Waals surface area contributed by atoms with Crippen molar-refractivity contribution in [3.63, 3.8) is 0 Å². The molecule has 1 fully saturated rings. The second-order valence-electron chi connectivity index (χ2n) is 6.72. The first kappa shape index (κ1) is 21.9. The summed E-state index contributed by atoms with van der Waals surface area (Å²) in [6, 6.07) is 0. The second-order valence-corrected chi connectivity index (χ2v) is 6.72. The number of anilines is 2. The van der Waals surface area contributed by atoms with Crippen molar-refractivity contribution < 1.29 is 32.6 Å². The van der Waals surface area contributed by atoms with Crippen LogP contribution in [0.4, 0.5) is 24.8 Å². The number of fused-ring (bicyclic) bond motifs is 1. The second kappa shape index (κ2) is 9.18. The number of rotatable bonds is 1. The zero-order valence-electron chi connectivity index (χ0n) is 15.7. The number of amides is 1. The van der Waals surface area contributed by atoms with Crippen LogP contribution >= 0.6 is 0 Å². The van der Waals surface area contributed by atoms with Crippen LogP contribution in [0.1, 0.15) is 32.4 Å². The number of alkyl halides is 3. The molecule has 0 aromatic carbocycles. The van der Waals surface area contributed by atoms with Crippen molar-refractivity contribution in [2.24, 2.45) is 5.92 Å². The molecule has 0 radical (unpaired) electrons. The molecule has 156 valence electrons. The third-order valence-corrected chi connectivity index (χ3v) is 4.38. The lowest BCUT2D eigenvalue weighted by Crippen LogP contribution is -2.36. The number of hydrogen-bond acceptors (Lipinski definition) is 6. The molecule has 1 amide bonds. The molecule has 1 unspecified atom stereocenters. The Labute approximate surface area is 160 Å². The highest BCUT2D eigenvalue weighted by Crippen LogP contribution is 2.26. The first-order chi connectivity index (χ1) is 13.1. The predicted molar refractivity (Wildman–Crippen MR) is 94.0 cm³/mol. The van der Waals surface area contributed by atoms with Crippen molar-refractivity contribution in [3.05, 3.63) is 11.9 Å². The van der Waals surface area contributed by atoms with Gasteiger partial charge in [0, 0.05) is 26.6 Å². The number of carbonyl (C=O) groups excluding carboxylic acids is 1. The molecule has 0 saturated carbocycles. The van der Waals surface area contributed by atoms with Gasteiger partial charge in [0.05, 0.1) is 30.8 Å². The fourth-order valence-corrected chi connectivity index (χ4v) is 3.03. The molecule has 1 aromatic heterocycles. The number of aliphatic carboxylic acids is 1. The monoisotopic (exact) mass is 404 g/mol. The maximum atomic E-state index is 11.7. The standard InChI is InChI=1S/C15H22N4O2.C2HF3O2/c1-11-4-3-5-18(9-11)15-16-8-14-13(17-15)10-21-7-6-19(14)12(2)20;3-2(4,5)1(6)7/h8,11H,3-7,9-10H2,1-2H3;(H,6,7). The van der Waals surface area contributed by atoms with Gasteiger partial charge in [-0.25, -0.2) is 14.8 Å². The highest BCUT2D eigenvalue weighted by atomic mass is 19.4. The van der Waals surface area contributed by atoms with Gasteiger partial charge in [-0.2, -0.15) is 13.2 Å². The summed E-state index contributed by atoms with van der Waals surface area (Å²) in [6.07, 6.45) is -0.868. The van der Waals surface area contributed by atoms with Crippen LogP contribution in [-0.2, 0) is 20.9 Å². The van der Waals surface area contributed by atoms with Gasteiger partial charge in [0.15, 0.2) is 0 Å². The Morgan fingerprint density at radius 3 is 2.57 bits per heavy atom. The summed E-state index contributed by atoms with van der Waals surface area (Å²) in [5.74, 6) is -1.32. The number of carbonyl (C=O) groups is 2. The summed E-state index contributed by atoms with van der Waals surface area (Å²) in [5.41, 5.74) is 1.60. The minimum atomic E-state index is -5.08. The Hall–Kier alpha value is -2.43. The van der Waals surface area contributed by atoms with Crippen LogP contribution in [0.25, 0.3) is 0 Å². The fourth-order valence-electron chi connectivity index (χ4n) is 3.03. The molecule has 0 aliphatic carbocycles. The maximum Gasteiger partial charge on any atom is 0.490 e. The molecule has 0 bridgehead atoms. The molecule has 0 spiro atoms. The smallest absolute Gasteiger partial charge is 0.475 e. The van der Waals surface area contributed by atoms with Crippen molar-refractivity contribution in [3.8, 4) is 0 Å². The number of carboxylic acid groups (broad SMARTS) is 1. The summed E-state index contributed by atoms with van der Waals surface area (Å²) in [7, 11) is 0. The molecule has 1 aromatic rings. The highest BCUT2D eigenvalue weighted by molar-refractivity contribution is 5.92.